The molecule has 0 aromatic heterocycles. The second-order valence-corrected chi connectivity index (χ2v) is 7.94. The summed E-state index contributed by atoms with van der Waals surface area (Å²) in [6.45, 7) is 6.28. The SMILES string of the molecule is CCOC(=O)CCCOc1ccc(NC(C)=O)c(NCc2ccc(N(C)C(=O)OCC)cc2Cl)c1. The van der Waals surface area contributed by atoms with Crippen molar-refractivity contribution < 1.29 is 28.6 Å². The molecule has 2 N–H and O–H groups in total. The number of carbonyl (C=O) groups is 3. The van der Waals surface area contributed by atoms with Gasteiger partial charge in [-0.25, -0.2) is 4.79 Å². The van der Waals surface area contributed by atoms with Gasteiger partial charge in [0.2, 0.25) is 5.91 Å². The summed E-state index contributed by atoms with van der Waals surface area (Å²) in [4.78, 5) is 36.4. The molecule has 0 unspecified atom stereocenters. The minimum Gasteiger partial charge on any atom is -0.494 e. The number of anilines is 3. The number of carbonyl (C=O) groups excluding carboxylic acids is 3. The van der Waals surface area contributed by atoms with Crippen molar-refractivity contribution in [1.29, 1.82) is 0 Å². The van der Waals surface area contributed by atoms with Crippen LogP contribution in [-0.2, 0) is 25.6 Å². The zero-order valence-corrected chi connectivity index (χ0v) is 21.2. The fourth-order valence-corrected chi connectivity index (χ4v) is 3.34. The summed E-state index contributed by atoms with van der Waals surface area (Å²) in [5, 5.41) is 6.53. The predicted molar refractivity (Wildman–Crippen MR) is 136 cm³/mol. The van der Waals surface area contributed by atoms with E-state index in [1.807, 2.05) is 6.07 Å². The molecule has 9 nitrogen and oxygen atoms in total. The molecule has 0 heterocycles. The molecule has 0 radical (unpaired) electrons. The maximum Gasteiger partial charge on any atom is 0.413 e. The monoisotopic (exact) mass is 505 g/mol. The van der Waals surface area contributed by atoms with Gasteiger partial charge in [-0.2, -0.15) is 0 Å². The lowest BCUT2D eigenvalue weighted by atomic mass is 10.1. The molecular formula is C25H32ClN3O6. The summed E-state index contributed by atoms with van der Waals surface area (Å²) in [7, 11) is 1.61. The molecule has 0 atom stereocenters. The van der Waals surface area contributed by atoms with Crippen LogP contribution < -0.4 is 20.3 Å². The molecule has 35 heavy (non-hydrogen) atoms. The average Bonchev–Trinajstić information content (AvgIpc) is 2.81. The van der Waals surface area contributed by atoms with Crippen LogP contribution >= 0.6 is 11.6 Å². The van der Waals surface area contributed by atoms with E-state index < -0.39 is 6.09 Å². The van der Waals surface area contributed by atoms with Gasteiger partial charge in [-0.1, -0.05) is 17.7 Å². The third kappa shape index (κ3) is 9.01. The van der Waals surface area contributed by atoms with Crippen LogP contribution in [0.4, 0.5) is 21.9 Å². The zero-order valence-electron chi connectivity index (χ0n) is 20.5. The smallest absolute Gasteiger partial charge is 0.413 e. The lowest BCUT2D eigenvalue weighted by molar-refractivity contribution is -0.143. The fourth-order valence-electron chi connectivity index (χ4n) is 3.10. The maximum absolute atomic E-state index is 11.9. The molecular weight excluding hydrogens is 474 g/mol. The van der Waals surface area contributed by atoms with E-state index in [-0.39, 0.29) is 24.9 Å². The Hall–Kier alpha value is -3.46. The highest BCUT2D eigenvalue weighted by Gasteiger charge is 2.14. The molecule has 0 aliphatic rings. The van der Waals surface area contributed by atoms with Gasteiger partial charge >= 0.3 is 12.1 Å². The molecule has 0 spiro atoms. The number of nitrogens with one attached hydrogen (secondary N) is 2. The van der Waals surface area contributed by atoms with Crippen molar-refractivity contribution in [2.75, 3.05) is 42.4 Å². The van der Waals surface area contributed by atoms with Crippen LogP contribution in [0.25, 0.3) is 0 Å². The molecule has 2 rings (SSSR count). The molecule has 0 bridgehead atoms. The molecule has 0 aliphatic carbocycles. The van der Waals surface area contributed by atoms with Crippen molar-refractivity contribution in [3.8, 4) is 5.75 Å². The average molecular weight is 506 g/mol. The van der Waals surface area contributed by atoms with Crippen LogP contribution in [0.5, 0.6) is 5.75 Å². The van der Waals surface area contributed by atoms with Crippen LogP contribution in [0.1, 0.15) is 39.2 Å². The van der Waals surface area contributed by atoms with Crippen LogP contribution in [0.2, 0.25) is 5.02 Å². The summed E-state index contributed by atoms with van der Waals surface area (Å²) in [6, 6.07) is 10.5. The summed E-state index contributed by atoms with van der Waals surface area (Å²) in [6.07, 6.45) is 0.341. The third-order valence-electron chi connectivity index (χ3n) is 4.84. The van der Waals surface area contributed by atoms with Gasteiger partial charge in [0.15, 0.2) is 0 Å². The molecule has 2 aromatic carbocycles. The summed E-state index contributed by atoms with van der Waals surface area (Å²) in [5.74, 6) is 0.124. The van der Waals surface area contributed by atoms with Gasteiger partial charge in [-0.3, -0.25) is 14.5 Å². The highest BCUT2D eigenvalue weighted by molar-refractivity contribution is 6.31. The van der Waals surface area contributed by atoms with E-state index in [0.717, 1.165) is 5.56 Å². The lowest BCUT2D eigenvalue weighted by Crippen LogP contribution is -2.27. The van der Waals surface area contributed by atoms with Crippen molar-refractivity contribution >= 4 is 46.6 Å². The standard InChI is InChI=1S/C25H32ClN3O6/c1-5-33-24(31)8-7-13-35-20-11-12-22(28-17(3)30)23(15-20)27-16-18-9-10-19(14-21(18)26)29(4)25(32)34-6-2/h9-12,14-15,27H,5-8,13,16H2,1-4H3,(H,28,30). The Morgan fingerprint density at radius 1 is 1.00 bits per heavy atom. The normalized spacial score (nSPS) is 10.3. The molecule has 0 saturated carbocycles. The van der Waals surface area contributed by atoms with E-state index in [1.165, 1.54) is 11.8 Å². The number of ether oxygens (including phenoxy) is 3. The molecule has 0 aliphatic heterocycles. The fraction of sp³-hybridized carbons (Fsp3) is 0.400. The van der Waals surface area contributed by atoms with Crippen molar-refractivity contribution in [3.63, 3.8) is 0 Å². The third-order valence-corrected chi connectivity index (χ3v) is 5.19. The first kappa shape index (κ1) is 27.8. The Morgan fingerprint density at radius 2 is 1.74 bits per heavy atom. The summed E-state index contributed by atoms with van der Waals surface area (Å²) < 4.78 is 15.7. The highest BCUT2D eigenvalue weighted by Crippen LogP contribution is 2.30. The van der Waals surface area contributed by atoms with Crippen molar-refractivity contribution in [2.24, 2.45) is 0 Å². The number of amides is 2. The number of nitrogens with zero attached hydrogens (tertiary/aromatic N) is 1. The second-order valence-electron chi connectivity index (χ2n) is 7.53. The van der Waals surface area contributed by atoms with Crippen LogP contribution in [0, 0.1) is 0 Å². The Bertz CT molecular complexity index is 1030. The van der Waals surface area contributed by atoms with Gasteiger partial charge in [-0.15, -0.1) is 0 Å². The maximum atomic E-state index is 11.9. The molecule has 190 valence electrons. The predicted octanol–water partition coefficient (Wildman–Crippen LogP) is 5.23. The lowest BCUT2D eigenvalue weighted by Gasteiger charge is -2.18. The van der Waals surface area contributed by atoms with E-state index in [1.54, 1.807) is 51.2 Å². The Balaban J connectivity index is 2.08. The van der Waals surface area contributed by atoms with Crippen molar-refractivity contribution in [2.45, 2.75) is 40.2 Å². The number of halogens is 1. The van der Waals surface area contributed by atoms with Crippen LogP contribution in [0.15, 0.2) is 36.4 Å². The van der Waals surface area contributed by atoms with E-state index >= 15 is 0 Å². The van der Waals surface area contributed by atoms with Crippen LogP contribution in [-0.4, -0.2) is 44.8 Å². The van der Waals surface area contributed by atoms with E-state index in [9.17, 15) is 14.4 Å². The molecule has 10 heteroatoms. The summed E-state index contributed by atoms with van der Waals surface area (Å²) in [5.41, 5.74) is 2.63. The Kier molecular flexibility index (Phi) is 11.2. The quantitative estimate of drug-likeness (QED) is 0.300. The first-order valence-corrected chi connectivity index (χ1v) is 11.8. The number of hydrogen-bond acceptors (Lipinski definition) is 7. The topological polar surface area (TPSA) is 106 Å². The molecule has 2 aromatic rings. The zero-order chi connectivity index (χ0) is 25.8. The largest absolute Gasteiger partial charge is 0.494 e. The van der Waals surface area contributed by atoms with E-state index in [0.29, 0.717) is 54.0 Å². The number of esters is 1. The summed E-state index contributed by atoms with van der Waals surface area (Å²) >= 11 is 6.46. The first-order valence-electron chi connectivity index (χ1n) is 11.4. The molecule has 2 amide bonds. The van der Waals surface area contributed by atoms with Crippen molar-refractivity contribution in [1.82, 2.24) is 0 Å². The minimum absolute atomic E-state index is 0.208. The Labute approximate surface area is 210 Å². The minimum atomic E-state index is -0.464. The van der Waals surface area contributed by atoms with E-state index in [2.05, 4.69) is 10.6 Å². The van der Waals surface area contributed by atoms with Gasteiger partial charge in [0.05, 0.1) is 31.2 Å². The molecule has 0 saturated heterocycles. The first-order chi connectivity index (χ1) is 16.7. The second kappa shape index (κ2) is 14.1. The number of rotatable bonds is 12. The van der Waals surface area contributed by atoms with Gasteiger partial charge in [0.25, 0.3) is 0 Å². The van der Waals surface area contributed by atoms with Crippen LogP contribution in [0.3, 0.4) is 0 Å². The van der Waals surface area contributed by atoms with Crippen molar-refractivity contribution in [3.05, 3.63) is 47.0 Å². The highest BCUT2D eigenvalue weighted by atomic mass is 35.5. The van der Waals surface area contributed by atoms with E-state index in [4.69, 9.17) is 25.8 Å². The van der Waals surface area contributed by atoms with Gasteiger partial charge in [-0.05, 0) is 50.1 Å². The van der Waals surface area contributed by atoms with Gasteiger partial charge < -0.3 is 24.8 Å². The number of hydrogen-bond donors (Lipinski definition) is 2. The van der Waals surface area contributed by atoms with Gasteiger partial charge in [0, 0.05) is 43.7 Å². The van der Waals surface area contributed by atoms with Gasteiger partial charge in [0.1, 0.15) is 5.75 Å². The molecule has 0 fully saturated rings. The number of benzene rings is 2. The Morgan fingerprint density at radius 3 is 2.40 bits per heavy atom.